The average Bonchev–Trinajstić information content (AvgIpc) is 2.81. The summed E-state index contributed by atoms with van der Waals surface area (Å²) in [7, 11) is 0. The third-order valence-corrected chi connectivity index (χ3v) is 4.43. The van der Waals surface area contributed by atoms with Crippen molar-refractivity contribution in [2.75, 3.05) is 0 Å². The van der Waals surface area contributed by atoms with Crippen LogP contribution in [0.5, 0.6) is 0 Å². The van der Waals surface area contributed by atoms with Gasteiger partial charge in [-0.05, 0) is 36.8 Å². The Hall–Kier alpha value is -1.33. The molecule has 0 aliphatic heterocycles. The molecule has 2 atom stereocenters. The molecule has 1 saturated carbocycles. The Balaban J connectivity index is 1.63. The summed E-state index contributed by atoms with van der Waals surface area (Å²) in [6.07, 6.45) is 7.01. The SMILES string of the molecule is N#CC1CCCCC1NC1Cc2ccccc2C1. The normalized spacial score (nSPS) is 27.7. The molecule has 2 nitrogen and oxygen atoms in total. The topological polar surface area (TPSA) is 35.8 Å². The number of hydrogen-bond acceptors (Lipinski definition) is 2. The van der Waals surface area contributed by atoms with E-state index in [0.29, 0.717) is 12.1 Å². The lowest BCUT2D eigenvalue weighted by Gasteiger charge is -2.30. The summed E-state index contributed by atoms with van der Waals surface area (Å²) >= 11 is 0. The summed E-state index contributed by atoms with van der Waals surface area (Å²) in [6, 6.07) is 12.2. The van der Waals surface area contributed by atoms with Crippen molar-refractivity contribution < 1.29 is 0 Å². The van der Waals surface area contributed by atoms with Gasteiger partial charge in [-0.15, -0.1) is 0 Å². The molecule has 1 fully saturated rings. The second kappa shape index (κ2) is 5.12. The van der Waals surface area contributed by atoms with Crippen LogP contribution in [0.2, 0.25) is 0 Å². The third-order valence-electron chi connectivity index (χ3n) is 4.43. The lowest BCUT2D eigenvalue weighted by Crippen LogP contribution is -2.44. The van der Waals surface area contributed by atoms with Gasteiger partial charge in [0.1, 0.15) is 0 Å². The summed E-state index contributed by atoms with van der Waals surface area (Å²) in [4.78, 5) is 0. The van der Waals surface area contributed by atoms with E-state index in [1.807, 2.05) is 0 Å². The van der Waals surface area contributed by atoms with Crippen LogP contribution in [0.25, 0.3) is 0 Å². The molecule has 2 heteroatoms. The molecule has 1 N–H and O–H groups in total. The molecule has 0 saturated heterocycles. The van der Waals surface area contributed by atoms with Gasteiger partial charge in [0.15, 0.2) is 0 Å². The first kappa shape index (κ1) is 11.7. The van der Waals surface area contributed by atoms with Crippen LogP contribution in [-0.2, 0) is 12.8 Å². The van der Waals surface area contributed by atoms with Gasteiger partial charge in [0.05, 0.1) is 12.0 Å². The summed E-state index contributed by atoms with van der Waals surface area (Å²) in [6.45, 7) is 0. The van der Waals surface area contributed by atoms with Gasteiger partial charge in [-0.25, -0.2) is 0 Å². The van der Waals surface area contributed by atoms with Crippen molar-refractivity contribution in [3.63, 3.8) is 0 Å². The minimum atomic E-state index is 0.225. The van der Waals surface area contributed by atoms with E-state index >= 15 is 0 Å². The third kappa shape index (κ3) is 2.28. The van der Waals surface area contributed by atoms with Gasteiger partial charge in [-0.1, -0.05) is 37.1 Å². The zero-order valence-electron chi connectivity index (χ0n) is 10.7. The van der Waals surface area contributed by atoms with Gasteiger partial charge in [0.2, 0.25) is 0 Å². The van der Waals surface area contributed by atoms with Crippen molar-refractivity contribution in [2.45, 2.75) is 50.6 Å². The molecule has 2 aliphatic rings. The van der Waals surface area contributed by atoms with Crippen LogP contribution in [0.3, 0.4) is 0 Å². The highest BCUT2D eigenvalue weighted by Crippen LogP contribution is 2.27. The maximum absolute atomic E-state index is 9.22. The van der Waals surface area contributed by atoms with Crippen LogP contribution in [0, 0.1) is 17.2 Å². The van der Waals surface area contributed by atoms with Crippen molar-refractivity contribution in [2.24, 2.45) is 5.92 Å². The van der Waals surface area contributed by atoms with E-state index < -0.39 is 0 Å². The van der Waals surface area contributed by atoms with E-state index in [4.69, 9.17) is 0 Å². The number of nitrogens with zero attached hydrogens (tertiary/aromatic N) is 1. The molecule has 2 aliphatic carbocycles. The zero-order chi connectivity index (χ0) is 12.4. The van der Waals surface area contributed by atoms with Gasteiger partial charge < -0.3 is 5.32 Å². The largest absolute Gasteiger partial charge is 0.309 e. The van der Waals surface area contributed by atoms with Gasteiger partial charge in [0.25, 0.3) is 0 Å². The smallest absolute Gasteiger partial charge is 0.0672 e. The van der Waals surface area contributed by atoms with Crippen molar-refractivity contribution >= 4 is 0 Å². The molecule has 1 aromatic rings. The van der Waals surface area contributed by atoms with Crippen molar-refractivity contribution in [1.82, 2.24) is 5.32 Å². The molecular formula is C16H20N2. The van der Waals surface area contributed by atoms with Gasteiger partial charge in [-0.3, -0.25) is 0 Å². The number of fused-ring (bicyclic) bond motifs is 1. The van der Waals surface area contributed by atoms with Crippen LogP contribution < -0.4 is 5.32 Å². The molecule has 0 bridgehead atoms. The molecule has 1 aromatic carbocycles. The van der Waals surface area contributed by atoms with Crippen LogP contribution in [0.1, 0.15) is 36.8 Å². The number of nitrogens with one attached hydrogen (secondary N) is 1. The Kier molecular flexibility index (Phi) is 3.34. The molecular weight excluding hydrogens is 220 g/mol. The Morgan fingerprint density at radius 1 is 1.06 bits per heavy atom. The Morgan fingerprint density at radius 2 is 1.72 bits per heavy atom. The van der Waals surface area contributed by atoms with E-state index in [0.717, 1.165) is 19.3 Å². The molecule has 0 radical (unpaired) electrons. The second-order valence-electron chi connectivity index (χ2n) is 5.67. The molecule has 0 amide bonds. The van der Waals surface area contributed by atoms with Gasteiger partial charge in [0, 0.05) is 12.1 Å². The Bertz CT molecular complexity index is 435. The van der Waals surface area contributed by atoms with Crippen molar-refractivity contribution in [3.8, 4) is 6.07 Å². The number of hydrogen-bond donors (Lipinski definition) is 1. The quantitative estimate of drug-likeness (QED) is 0.863. The number of rotatable bonds is 2. The van der Waals surface area contributed by atoms with E-state index in [2.05, 4.69) is 35.7 Å². The van der Waals surface area contributed by atoms with E-state index in [1.165, 1.54) is 30.4 Å². The van der Waals surface area contributed by atoms with E-state index in [1.54, 1.807) is 0 Å². The van der Waals surface area contributed by atoms with Crippen molar-refractivity contribution in [3.05, 3.63) is 35.4 Å². The summed E-state index contributed by atoms with van der Waals surface area (Å²) < 4.78 is 0. The van der Waals surface area contributed by atoms with Crippen LogP contribution in [0.15, 0.2) is 24.3 Å². The molecule has 18 heavy (non-hydrogen) atoms. The first-order valence-corrected chi connectivity index (χ1v) is 7.09. The van der Waals surface area contributed by atoms with Crippen LogP contribution >= 0.6 is 0 Å². The van der Waals surface area contributed by atoms with Crippen LogP contribution in [-0.4, -0.2) is 12.1 Å². The summed E-state index contributed by atoms with van der Waals surface area (Å²) in [5.41, 5.74) is 2.97. The summed E-state index contributed by atoms with van der Waals surface area (Å²) in [5, 5.41) is 13.0. The Morgan fingerprint density at radius 3 is 2.39 bits per heavy atom. The number of nitriles is 1. The predicted molar refractivity (Wildman–Crippen MR) is 72.1 cm³/mol. The highest BCUT2D eigenvalue weighted by molar-refractivity contribution is 5.33. The molecule has 3 rings (SSSR count). The molecule has 2 unspecified atom stereocenters. The monoisotopic (exact) mass is 240 g/mol. The molecule has 94 valence electrons. The van der Waals surface area contributed by atoms with Gasteiger partial charge >= 0.3 is 0 Å². The molecule has 0 spiro atoms. The Labute approximate surface area is 109 Å². The maximum atomic E-state index is 9.22. The van der Waals surface area contributed by atoms with E-state index in [-0.39, 0.29) is 5.92 Å². The first-order valence-electron chi connectivity index (χ1n) is 7.09. The average molecular weight is 240 g/mol. The fraction of sp³-hybridized carbons (Fsp3) is 0.562. The minimum Gasteiger partial charge on any atom is -0.309 e. The number of benzene rings is 1. The minimum absolute atomic E-state index is 0.225. The van der Waals surface area contributed by atoms with Crippen molar-refractivity contribution in [1.29, 1.82) is 5.26 Å². The van der Waals surface area contributed by atoms with E-state index in [9.17, 15) is 5.26 Å². The first-order chi connectivity index (χ1) is 8.86. The lowest BCUT2D eigenvalue weighted by atomic mass is 9.85. The summed E-state index contributed by atoms with van der Waals surface area (Å²) in [5.74, 6) is 0.225. The standard InChI is InChI=1S/C16H20N2/c17-11-14-7-3-4-8-16(14)18-15-9-12-5-1-2-6-13(12)10-15/h1-2,5-6,14-16,18H,3-4,7-10H2. The maximum Gasteiger partial charge on any atom is 0.0672 e. The predicted octanol–water partition coefficient (Wildman–Crippen LogP) is 2.83. The highest BCUT2D eigenvalue weighted by atomic mass is 15.0. The molecule has 0 aromatic heterocycles. The second-order valence-corrected chi connectivity index (χ2v) is 5.67. The van der Waals surface area contributed by atoms with Gasteiger partial charge in [-0.2, -0.15) is 5.26 Å². The lowest BCUT2D eigenvalue weighted by molar-refractivity contribution is 0.287. The fourth-order valence-corrected chi connectivity index (χ4v) is 3.46. The zero-order valence-corrected chi connectivity index (χ0v) is 10.7. The molecule has 0 heterocycles. The fourth-order valence-electron chi connectivity index (χ4n) is 3.46. The highest BCUT2D eigenvalue weighted by Gasteiger charge is 2.29. The van der Waals surface area contributed by atoms with Crippen LogP contribution in [0.4, 0.5) is 0 Å².